The van der Waals surface area contributed by atoms with Gasteiger partial charge in [-0.2, -0.15) is 0 Å². The smallest absolute Gasteiger partial charge is 0.165 e. The van der Waals surface area contributed by atoms with Crippen LogP contribution in [0.3, 0.4) is 0 Å². The fraction of sp³-hybridized carbons (Fsp3) is 0. The third-order valence-corrected chi connectivity index (χ3v) is 9.12. The minimum Gasteiger partial charge on any atom is -0.454 e. The third-order valence-electron chi connectivity index (χ3n) is 9.12. The van der Waals surface area contributed by atoms with Crippen LogP contribution in [0, 0.1) is 0 Å². The molecule has 6 nitrogen and oxygen atoms in total. The summed E-state index contributed by atoms with van der Waals surface area (Å²) in [7, 11) is 0. The molecule has 4 aromatic heterocycles. The van der Waals surface area contributed by atoms with Gasteiger partial charge in [0, 0.05) is 27.5 Å². The normalized spacial score (nSPS) is 11.6. The first-order valence-corrected chi connectivity index (χ1v) is 16.5. The molecule has 6 heteroatoms. The minimum absolute atomic E-state index is 0.566. The van der Waals surface area contributed by atoms with E-state index in [1.165, 1.54) is 0 Å². The second kappa shape index (κ2) is 11.4. The highest BCUT2D eigenvalue weighted by molar-refractivity contribution is 6.18. The van der Waals surface area contributed by atoms with Crippen LogP contribution in [0.15, 0.2) is 167 Å². The molecule has 4 heterocycles. The summed E-state index contributed by atoms with van der Waals surface area (Å²) in [5.74, 6) is 1.77. The van der Waals surface area contributed by atoms with E-state index in [4.69, 9.17) is 28.8 Å². The number of hydrogen-bond acceptors (Lipinski definition) is 6. The van der Waals surface area contributed by atoms with E-state index >= 15 is 0 Å². The Morgan fingerprint density at radius 1 is 0.320 bits per heavy atom. The van der Waals surface area contributed by atoms with Crippen molar-refractivity contribution in [2.75, 3.05) is 0 Å². The molecule has 6 aromatic carbocycles. The standard InChI is InChI=1S/C44H26N4O2/c1-3-13-27(14-4-1)29-17-11-19-31(25-29)43-46-42(28-15-5-2-6-16-28)47-44(48-43)32-20-12-18-30(26-32)37-40-38(33-21-7-9-23-35(33)49-40)45-39-34-22-8-10-24-36(34)50-41(37)39/h1-26H. The van der Waals surface area contributed by atoms with Gasteiger partial charge in [0.25, 0.3) is 0 Å². The Morgan fingerprint density at radius 2 is 0.740 bits per heavy atom. The maximum Gasteiger partial charge on any atom is 0.165 e. The van der Waals surface area contributed by atoms with Gasteiger partial charge in [0.1, 0.15) is 22.2 Å². The Kier molecular flexibility index (Phi) is 6.39. The molecule has 0 bridgehead atoms. The van der Waals surface area contributed by atoms with Gasteiger partial charge in [-0.1, -0.05) is 121 Å². The van der Waals surface area contributed by atoms with Crippen molar-refractivity contribution in [2.45, 2.75) is 0 Å². The molecule has 0 saturated heterocycles. The summed E-state index contributed by atoms with van der Waals surface area (Å²) in [5, 5.41) is 1.92. The molecule has 0 unspecified atom stereocenters. The summed E-state index contributed by atoms with van der Waals surface area (Å²) >= 11 is 0. The number of fused-ring (bicyclic) bond motifs is 6. The highest BCUT2D eigenvalue weighted by atomic mass is 16.3. The van der Waals surface area contributed by atoms with Crippen molar-refractivity contribution in [2.24, 2.45) is 0 Å². The molecular formula is C44H26N4O2. The lowest BCUT2D eigenvalue weighted by Gasteiger charge is -2.11. The molecule has 234 valence electrons. The lowest BCUT2D eigenvalue weighted by molar-refractivity contribution is 0.657. The molecule has 0 spiro atoms. The summed E-state index contributed by atoms with van der Waals surface area (Å²) in [5.41, 5.74) is 11.1. The van der Waals surface area contributed by atoms with E-state index in [-0.39, 0.29) is 0 Å². The van der Waals surface area contributed by atoms with Crippen LogP contribution >= 0.6 is 0 Å². The van der Waals surface area contributed by atoms with Crippen molar-refractivity contribution in [1.82, 2.24) is 19.9 Å². The SMILES string of the molecule is c1ccc(-c2cccc(-c3nc(-c4ccccc4)nc(-c4cccc(-c5c6oc7ccccc7c6nc6c5oc5ccccc56)c4)n3)c2)cc1. The molecule has 50 heavy (non-hydrogen) atoms. The zero-order valence-corrected chi connectivity index (χ0v) is 26.6. The maximum absolute atomic E-state index is 6.53. The van der Waals surface area contributed by atoms with Gasteiger partial charge >= 0.3 is 0 Å². The van der Waals surface area contributed by atoms with Gasteiger partial charge in [0.2, 0.25) is 0 Å². The Balaban J connectivity index is 1.19. The molecular weight excluding hydrogens is 617 g/mol. The Morgan fingerprint density at radius 3 is 1.32 bits per heavy atom. The van der Waals surface area contributed by atoms with Crippen LogP contribution in [0.25, 0.3) is 101 Å². The lowest BCUT2D eigenvalue weighted by Crippen LogP contribution is -2.00. The van der Waals surface area contributed by atoms with Crippen LogP contribution in [0.1, 0.15) is 0 Å². The van der Waals surface area contributed by atoms with Crippen LogP contribution in [0.2, 0.25) is 0 Å². The quantitative estimate of drug-likeness (QED) is 0.186. The Hall–Kier alpha value is -6.92. The molecule has 0 atom stereocenters. The average molecular weight is 643 g/mol. The first kappa shape index (κ1) is 28.1. The topological polar surface area (TPSA) is 77.8 Å². The van der Waals surface area contributed by atoms with Gasteiger partial charge in [0.05, 0.1) is 5.56 Å². The summed E-state index contributed by atoms with van der Waals surface area (Å²) < 4.78 is 13.1. The second-order valence-corrected chi connectivity index (χ2v) is 12.2. The molecule has 0 saturated carbocycles. The molecule has 10 aromatic rings. The van der Waals surface area contributed by atoms with Crippen molar-refractivity contribution in [3.05, 3.63) is 158 Å². The number of para-hydroxylation sites is 2. The van der Waals surface area contributed by atoms with E-state index in [9.17, 15) is 0 Å². The predicted molar refractivity (Wildman–Crippen MR) is 199 cm³/mol. The number of hydrogen-bond donors (Lipinski definition) is 0. The van der Waals surface area contributed by atoms with Crippen molar-refractivity contribution >= 4 is 44.1 Å². The highest BCUT2D eigenvalue weighted by Gasteiger charge is 2.23. The molecule has 0 radical (unpaired) electrons. The van der Waals surface area contributed by atoms with Gasteiger partial charge in [-0.3, -0.25) is 0 Å². The average Bonchev–Trinajstić information content (AvgIpc) is 3.75. The number of aromatic nitrogens is 4. The molecule has 0 fully saturated rings. The Labute approximate surface area is 286 Å². The highest BCUT2D eigenvalue weighted by Crippen LogP contribution is 2.43. The van der Waals surface area contributed by atoms with Crippen molar-refractivity contribution in [3.8, 4) is 56.4 Å². The van der Waals surface area contributed by atoms with E-state index in [1.807, 2.05) is 121 Å². The number of benzene rings is 6. The fourth-order valence-corrected chi connectivity index (χ4v) is 6.73. The second-order valence-electron chi connectivity index (χ2n) is 12.2. The predicted octanol–water partition coefficient (Wildman–Crippen LogP) is 11.4. The van der Waals surface area contributed by atoms with Crippen LogP contribution in [-0.4, -0.2) is 19.9 Å². The largest absolute Gasteiger partial charge is 0.454 e. The van der Waals surface area contributed by atoms with Gasteiger partial charge in [-0.25, -0.2) is 19.9 Å². The van der Waals surface area contributed by atoms with Gasteiger partial charge in [0.15, 0.2) is 28.6 Å². The number of rotatable bonds is 5. The Bertz CT molecular complexity index is 2790. The van der Waals surface area contributed by atoms with Gasteiger partial charge in [-0.05, 0) is 53.1 Å². The number of nitrogens with zero attached hydrogens (tertiary/aromatic N) is 4. The maximum atomic E-state index is 6.53. The first-order chi connectivity index (χ1) is 24.8. The van der Waals surface area contributed by atoms with E-state index in [1.54, 1.807) is 0 Å². The molecule has 10 rings (SSSR count). The minimum atomic E-state index is 0.566. The van der Waals surface area contributed by atoms with Crippen LogP contribution < -0.4 is 0 Å². The summed E-state index contributed by atoms with van der Waals surface area (Å²) in [4.78, 5) is 20.2. The third kappa shape index (κ3) is 4.65. The van der Waals surface area contributed by atoms with E-state index in [0.717, 1.165) is 71.9 Å². The zero-order chi connectivity index (χ0) is 33.0. The number of furan rings is 2. The first-order valence-electron chi connectivity index (χ1n) is 16.5. The van der Waals surface area contributed by atoms with Gasteiger partial charge in [-0.15, -0.1) is 0 Å². The summed E-state index contributed by atoms with van der Waals surface area (Å²) in [6, 6.07) is 52.9. The van der Waals surface area contributed by atoms with Crippen LogP contribution in [-0.2, 0) is 0 Å². The summed E-state index contributed by atoms with van der Waals surface area (Å²) in [6.45, 7) is 0. The molecule has 0 aliphatic rings. The lowest BCUT2D eigenvalue weighted by atomic mass is 10.0. The molecule has 0 N–H and O–H groups in total. The van der Waals surface area contributed by atoms with Crippen molar-refractivity contribution in [1.29, 1.82) is 0 Å². The van der Waals surface area contributed by atoms with E-state index in [0.29, 0.717) is 28.6 Å². The number of pyridine rings is 1. The monoisotopic (exact) mass is 642 g/mol. The molecule has 0 amide bonds. The van der Waals surface area contributed by atoms with E-state index in [2.05, 4.69) is 36.4 Å². The van der Waals surface area contributed by atoms with Crippen LogP contribution in [0.4, 0.5) is 0 Å². The van der Waals surface area contributed by atoms with Crippen molar-refractivity contribution in [3.63, 3.8) is 0 Å². The van der Waals surface area contributed by atoms with Gasteiger partial charge < -0.3 is 8.83 Å². The summed E-state index contributed by atoms with van der Waals surface area (Å²) in [6.07, 6.45) is 0. The molecule has 0 aliphatic heterocycles. The zero-order valence-electron chi connectivity index (χ0n) is 26.6. The van der Waals surface area contributed by atoms with Crippen LogP contribution in [0.5, 0.6) is 0 Å². The fourth-order valence-electron chi connectivity index (χ4n) is 6.73. The molecule has 0 aliphatic carbocycles. The van der Waals surface area contributed by atoms with E-state index < -0.39 is 0 Å². The van der Waals surface area contributed by atoms with Crippen molar-refractivity contribution < 1.29 is 8.83 Å².